The number of hydrogen-bond donors (Lipinski definition) is 0. The van der Waals surface area contributed by atoms with Gasteiger partial charge in [-0.15, -0.1) is 0 Å². The summed E-state index contributed by atoms with van der Waals surface area (Å²) in [7, 11) is 0. The van der Waals surface area contributed by atoms with Crippen molar-refractivity contribution in [2.24, 2.45) is 5.92 Å². The van der Waals surface area contributed by atoms with Gasteiger partial charge in [0.1, 0.15) is 0 Å². The first-order chi connectivity index (χ1) is 14.6. The second-order valence-electron chi connectivity index (χ2n) is 8.48. The largest absolute Gasteiger partial charge is 0.454 e. The first-order valence-electron chi connectivity index (χ1n) is 10.6. The normalized spacial score (nSPS) is 22.8. The van der Waals surface area contributed by atoms with Gasteiger partial charge in [-0.3, -0.25) is 9.59 Å². The number of piperidine rings is 2. The Hall–Kier alpha value is -3.02. The Morgan fingerprint density at radius 2 is 1.87 bits per heavy atom. The van der Waals surface area contributed by atoms with Gasteiger partial charge in [0.05, 0.1) is 0 Å². The predicted octanol–water partition coefficient (Wildman–Crippen LogP) is 3.38. The van der Waals surface area contributed by atoms with Gasteiger partial charge in [0.15, 0.2) is 11.5 Å². The molecule has 0 bridgehead atoms. The first kappa shape index (κ1) is 19.0. The van der Waals surface area contributed by atoms with Gasteiger partial charge in [0, 0.05) is 37.7 Å². The van der Waals surface area contributed by atoms with Gasteiger partial charge in [-0.2, -0.15) is 0 Å². The lowest BCUT2D eigenvalue weighted by Crippen LogP contribution is -2.56. The van der Waals surface area contributed by atoms with E-state index in [9.17, 15) is 9.59 Å². The SMILES string of the molecule is Cc1ccc(C(=O)N2CC[C@@H]3[C@@H](CCC(=O)N3Cc3ccc4c(c3)OCO4)C2)cc1. The number of fused-ring (bicyclic) bond motifs is 2. The molecule has 156 valence electrons. The smallest absolute Gasteiger partial charge is 0.253 e. The average Bonchev–Trinajstić information content (AvgIpc) is 3.23. The van der Waals surface area contributed by atoms with E-state index in [1.165, 1.54) is 0 Å². The highest BCUT2D eigenvalue weighted by molar-refractivity contribution is 5.94. The van der Waals surface area contributed by atoms with Gasteiger partial charge in [-0.05, 0) is 55.5 Å². The molecule has 30 heavy (non-hydrogen) atoms. The van der Waals surface area contributed by atoms with Crippen molar-refractivity contribution in [2.45, 2.75) is 38.8 Å². The fourth-order valence-electron chi connectivity index (χ4n) is 4.86. The third-order valence-electron chi connectivity index (χ3n) is 6.52. The summed E-state index contributed by atoms with van der Waals surface area (Å²) in [6, 6.07) is 13.8. The summed E-state index contributed by atoms with van der Waals surface area (Å²) in [5.74, 6) is 2.11. The highest BCUT2D eigenvalue weighted by Crippen LogP contribution is 2.36. The van der Waals surface area contributed by atoms with E-state index >= 15 is 0 Å². The number of ether oxygens (including phenoxy) is 2. The van der Waals surface area contributed by atoms with E-state index in [1.54, 1.807) is 0 Å². The number of hydrogen-bond acceptors (Lipinski definition) is 4. The van der Waals surface area contributed by atoms with Crippen LogP contribution < -0.4 is 9.47 Å². The molecule has 6 nitrogen and oxygen atoms in total. The lowest BCUT2D eigenvalue weighted by atomic mass is 9.83. The van der Waals surface area contributed by atoms with Crippen molar-refractivity contribution in [3.8, 4) is 11.5 Å². The van der Waals surface area contributed by atoms with Crippen LogP contribution in [0, 0.1) is 12.8 Å². The number of benzene rings is 2. The van der Waals surface area contributed by atoms with Crippen LogP contribution >= 0.6 is 0 Å². The van der Waals surface area contributed by atoms with E-state index in [1.807, 2.05) is 59.2 Å². The predicted molar refractivity (Wildman–Crippen MR) is 111 cm³/mol. The second-order valence-corrected chi connectivity index (χ2v) is 8.48. The molecular weight excluding hydrogens is 380 g/mol. The molecule has 5 rings (SSSR count). The number of likely N-dealkylation sites (tertiary alicyclic amines) is 2. The zero-order valence-corrected chi connectivity index (χ0v) is 17.2. The second kappa shape index (κ2) is 7.67. The quantitative estimate of drug-likeness (QED) is 0.784. The summed E-state index contributed by atoms with van der Waals surface area (Å²) in [6.07, 6.45) is 2.20. The maximum atomic E-state index is 13.0. The first-order valence-corrected chi connectivity index (χ1v) is 10.6. The van der Waals surface area contributed by atoms with Crippen LogP contribution in [0.4, 0.5) is 0 Å². The molecule has 2 atom stereocenters. The van der Waals surface area contributed by atoms with Gasteiger partial charge < -0.3 is 19.3 Å². The van der Waals surface area contributed by atoms with Crippen molar-refractivity contribution < 1.29 is 19.1 Å². The average molecular weight is 406 g/mol. The lowest BCUT2D eigenvalue weighted by Gasteiger charge is -2.47. The minimum Gasteiger partial charge on any atom is -0.454 e. The topological polar surface area (TPSA) is 59.1 Å². The lowest BCUT2D eigenvalue weighted by molar-refractivity contribution is -0.141. The molecule has 2 aromatic carbocycles. The van der Waals surface area contributed by atoms with Crippen molar-refractivity contribution in [2.75, 3.05) is 19.9 Å². The molecule has 3 aliphatic heterocycles. The summed E-state index contributed by atoms with van der Waals surface area (Å²) in [4.78, 5) is 29.7. The van der Waals surface area contributed by atoms with Crippen molar-refractivity contribution in [3.05, 3.63) is 59.2 Å². The number of nitrogens with zero attached hydrogens (tertiary/aromatic N) is 2. The van der Waals surface area contributed by atoms with E-state index in [2.05, 4.69) is 0 Å². The van der Waals surface area contributed by atoms with Gasteiger partial charge in [0.2, 0.25) is 12.7 Å². The molecule has 2 amide bonds. The van der Waals surface area contributed by atoms with Gasteiger partial charge in [-0.25, -0.2) is 0 Å². The van der Waals surface area contributed by atoms with E-state index in [-0.39, 0.29) is 24.6 Å². The number of aryl methyl sites for hydroxylation is 1. The van der Waals surface area contributed by atoms with Crippen molar-refractivity contribution in [3.63, 3.8) is 0 Å². The molecule has 0 radical (unpaired) electrons. The summed E-state index contributed by atoms with van der Waals surface area (Å²) < 4.78 is 10.9. The Kier molecular flexibility index (Phi) is 4.85. The number of carbonyl (C=O) groups is 2. The standard InChI is InChI=1S/C24H26N2O4/c1-16-2-5-18(6-3-16)24(28)25-11-10-20-19(14-25)7-9-23(27)26(20)13-17-4-8-21-22(12-17)30-15-29-21/h2-6,8,12,19-20H,7,9-11,13-15H2,1H3/t19-,20+/m0/s1. The molecule has 0 N–H and O–H groups in total. The molecule has 3 aliphatic rings. The minimum absolute atomic E-state index is 0.0904. The fraction of sp³-hybridized carbons (Fsp3) is 0.417. The highest BCUT2D eigenvalue weighted by Gasteiger charge is 2.40. The summed E-state index contributed by atoms with van der Waals surface area (Å²) >= 11 is 0. The van der Waals surface area contributed by atoms with Gasteiger partial charge >= 0.3 is 0 Å². The van der Waals surface area contributed by atoms with Crippen molar-refractivity contribution >= 4 is 11.8 Å². The number of carbonyl (C=O) groups excluding carboxylic acids is 2. The van der Waals surface area contributed by atoms with Crippen molar-refractivity contribution in [1.29, 1.82) is 0 Å². The Bertz CT molecular complexity index is 972. The molecule has 2 saturated heterocycles. The van der Waals surface area contributed by atoms with Crippen molar-refractivity contribution in [1.82, 2.24) is 9.80 Å². The fourth-order valence-corrected chi connectivity index (χ4v) is 4.86. The third-order valence-corrected chi connectivity index (χ3v) is 6.52. The Balaban J connectivity index is 1.29. The molecule has 0 unspecified atom stereocenters. The zero-order chi connectivity index (χ0) is 20.7. The number of rotatable bonds is 3. The van der Waals surface area contributed by atoms with Crippen LogP contribution in [0.2, 0.25) is 0 Å². The summed E-state index contributed by atoms with van der Waals surface area (Å²) in [5.41, 5.74) is 2.93. The summed E-state index contributed by atoms with van der Waals surface area (Å²) in [6.45, 7) is 4.23. The maximum Gasteiger partial charge on any atom is 0.253 e. The minimum atomic E-state index is 0.0904. The van der Waals surface area contributed by atoms with Crippen LogP contribution in [0.15, 0.2) is 42.5 Å². The van der Waals surface area contributed by atoms with Crippen LogP contribution in [0.5, 0.6) is 11.5 Å². The highest BCUT2D eigenvalue weighted by atomic mass is 16.7. The van der Waals surface area contributed by atoms with E-state index in [0.29, 0.717) is 32.0 Å². The molecule has 0 aromatic heterocycles. The Morgan fingerprint density at radius 1 is 1.07 bits per heavy atom. The summed E-state index contributed by atoms with van der Waals surface area (Å²) in [5, 5.41) is 0. The van der Waals surface area contributed by atoms with Crippen LogP contribution in [0.3, 0.4) is 0 Å². The molecule has 6 heteroatoms. The van der Waals surface area contributed by atoms with E-state index in [4.69, 9.17) is 9.47 Å². The Morgan fingerprint density at radius 3 is 2.70 bits per heavy atom. The van der Waals surface area contributed by atoms with Crippen LogP contribution in [0.1, 0.15) is 40.7 Å². The molecule has 2 aromatic rings. The van der Waals surface area contributed by atoms with Gasteiger partial charge in [-0.1, -0.05) is 23.8 Å². The number of amides is 2. The molecule has 2 fully saturated rings. The molecule has 3 heterocycles. The van der Waals surface area contributed by atoms with E-state index in [0.717, 1.165) is 41.0 Å². The van der Waals surface area contributed by atoms with Crippen LogP contribution in [-0.4, -0.2) is 47.5 Å². The maximum absolute atomic E-state index is 13.0. The molecule has 0 aliphatic carbocycles. The Labute approximate surface area is 176 Å². The zero-order valence-electron chi connectivity index (χ0n) is 17.2. The third kappa shape index (κ3) is 3.51. The van der Waals surface area contributed by atoms with E-state index < -0.39 is 0 Å². The van der Waals surface area contributed by atoms with Crippen LogP contribution in [0.25, 0.3) is 0 Å². The molecule has 0 saturated carbocycles. The molecule has 0 spiro atoms. The van der Waals surface area contributed by atoms with Crippen LogP contribution in [-0.2, 0) is 11.3 Å². The van der Waals surface area contributed by atoms with Gasteiger partial charge in [0.25, 0.3) is 5.91 Å². The molecular formula is C24H26N2O4. The monoisotopic (exact) mass is 406 g/mol.